The molecule has 1 aliphatic rings. The van der Waals surface area contributed by atoms with E-state index >= 15 is 0 Å². The second-order valence-electron chi connectivity index (χ2n) is 8.64. The zero-order chi connectivity index (χ0) is 24.3. The molecule has 5 nitrogen and oxygen atoms in total. The summed E-state index contributed by atoms with van der Waals surface area (Å²) in [6, 6.07) is 14.6. The third-order valence-corrected chi connectivity index (χ3v) is 8.66. The van der Waals surface area contributed by atoms with Gasteiger partial charge in [0.2, 0.25) is 0 Å². The van der Waals surface area contributed by atoms with Crippen LogP contribution in [0.5, 0.6) is 0 Å². The number of Topliss-reactive ketones (excluding diaryl/α,β-unsaturated/α-hetero) is 1. The minimum atomic E-state index is -0.595. The molecule has 2 unspecified atom stereocenters. The van der Waals surface area contributed by atoms with Crippen LogP contribution in [0.25, 0.3) is 10.8 Å². The zero-order valence-corrected chi connectivity index (χ0v) is 21.2. The van der Waals surface area contributed by atoms with Crippen LogP contribution < -0.4 is 0 Å². The van der Waals surface area contributed by atoms with Crippen molar-refractivity contribution in [2.45, 2.75) is 37.0 Å². The van der Waals surface area contributed by atoms with E-state index in [0.717, 1.165) is 24.3 Å². The predicted octanol–water partition coefficient (Wildman–Crippen LogP) is 4.29. The van der Waals surface area contributed by atoms with Gasteiger partial charge in [0, 0.05) is 18.9 Å². The number of hydrogen-bond donors (Lipinski definition) is 2. The monoisotopic (exact) mass is 502 g/mol. The molecule has 0 saturated heterocycles. The molecule has 184 valence electrons. The Morgan fingerprint density at radius 3 is 2.76 bits per heavy atom. The highest BCUT2D eigenvalue weighted by atomic mass is 32.2. The Kier molecular flexibility index (Phi) is 11.0. The Morgan fingerprint density at radius 1 is 1.21 bits per heavy atom. The van der Waals surface area contributed by atoms with Crippen molar-refractivity contribution in [3.8, 4) is 0 Å². The predicted molar refractivity (Wildman–Crippen MR) is 141 cm³/mol. The summed E-state index contributed by atoms with van der Waals surface area (Å²) >= 11 is 3.16. The molecule has 2 aromatic rings. The number of esters is 1. The molecule has 4 atom stereocenters. The van der Waals surface area contributed by atoms with Crippen LogP contribution >= 0.6 is 23.5 Å². The molecule has 2 aromatic carbocycles. The minimum Gasteiger partial charge on any atom is -0.468 e. The molecule has 7 heteroatoms. The van der Waals surface area contributed by atoms with E-state index in [-0.39, 0.29) is 35.4 Å². The number of rotatable bonds is 13. The third-order valence-electron chi connectivity index (χ3n) is 6.19. The van der Waals surface area contributed by atoms with E-state index in [2.05, 4.69) is 35.1 Å². The van der Waals surface area contributed by atoms with Crippen LogP contribution in [0, 0.1) is 11.8 Å². The largest absolute Gasteiger partial charge is 0.468 e. The maximum Gasteiger partial charge on any atom is 0.315 e. The van der Waals surface area contributed by atoms with Gasteiger partial charge in [0.15, 0.2) is 0 Å². The van der Waals surface area contributed by atoms with Crippen LogP contribution in [-0.4, -0.2) is 64.3 Å². The molecular weight excluding hydrogens is 468 g/mol. The van der Waals surface area contributed by atoms with E-state index in [1.54, 1.807) is 17.8 Å². The second-order valence-corrected chi connectivity index (χ2v) is 11.0. The van der Waals surface area contributed by atoms with Gasteiger partial charge >= 0.3 is 5.97 Å². The first-order chi connectivity index (χ1) is 16.5. The molecule has 34 heavy (non-hydrogen) atoms. The molecule has 1 fully saturated rings. The topological polar surface area (TPSA) is 83.8 Å². The smallest absolute Gasteiger partial charge is 0.315 e. The van der Waals surface area contributed by atoms with E-state index < -0.39 is 6.10 Å². The summed E-state index contributed by atoms with van der Waals surface area (Å²) in [7, 11) is 1.38. The highest BCUT2D eigenvalue weighted by Crippen LogP contribution is 2.38. The van der Waals surface area contributed by atoms with Gasteiger partial charge in [-0.05, 0) is 53.0 Å². The lowest BCUT2D eigenvalue weighted by molar-refractivity contribution is -0.137. The molecule has 0 spiro atoms. The number of aliphatic hydroxyl groups excluding tert-OH is 2. The minimum absolute atomic E-state index is 0.0278. The standard InChI is InChI=1S/C27H34O5S2/c1-32-26(31)18-33-13-4-14-34-27-24(22(17-28)16-25(27)30)12-11-23(29)10-8-19-7-9-20-5-2-3-6-21(20)15-19/h2-3,5-7,9,11-12,15,22-24,27-29H,4,8,10,13-14,16-18H2,1H3/b12-11+/t22?,23-,24?,27-/m1/s1. The summed E-state index contributed by atoms with van der Waals surface area (Å²) in [5.74, 6) is 1.78. The molecule has 0 heterocycles. The maximum absolute atomic E-state index is 12.6. The number of ketones is 1. The molecule has 0 radical (unpaired) electrons. The Labute approximate surface area is 210 Å². The number of aryl methyl sites for hydroxylation is 1. The zero-order valence-electron chi connectivity index (χ0n) is 19.6. The highest BCUT2D eigenvalue weighted by molar-refractivity contribution is 8.01. The van der Waals surface area contributed by atoms with Gasteiger partial charge < -0.3 is 14.9 Å². The van der Waals surface area contributed by atoms with E-state index in [1.807, 2.05) is 18.2 Å². The molecule has 1 aliphatic carbocycles. The number of benzene rings is 2. The van der Waals surface area contributed by atoms with Crippen molar-refractivity contribution in [3.63, 3.8) is 0 Å². The van der Waals surface area contributed by atoms with Crippen LogP contribution in [0.3, 0.4) is 0 Å². The lowest BCUT2D eigenvalue weighted by Gasteiger charge is -2.19. The normalized spacial score (nSPS) is 21.4. The molecule has 0 amide bonds. The fraction of sp³-hybridized carbons (Fsp3) is 0.481. The van der Waals surface area contributed by atoms with Crippen LogP contribution in [-0.2, 0) is 20.7 Å². The molecule has 0 bridgehead atoms. The summed E-state index contributed by atoms with van der Waals surface area (Å²) in [6.45, 7) is -0.0278. The Hall–Kier alpha value is -1.80. The molecule has 2 N–H and O–H groups in total. The quantitative estimate of drug-likeness (QED) is 0.240. The van der Waals surface area contributed by atoms with Gasteiger partial charge in [0.1, 0.15) is 5.78 Å². The Morgan fingerprint density at radius 2 is 2.00 bits per heavy atom. The van der Waals surface area contributed by atoms with Gasteiger partial charge in [-0.1, -0.05) is 54.6 Å². The molecule has 0 aromatic heterocycles. The Balaban J connectivity index is 1.48. The first kappa shape index (κ1) is 26.8. The van der Waals surface area contributed by atoms with Crippen LogP contribution in [0.4, 0.5) is 0 Å². The molecule has 1 saturated carbocycles. The van der Waals surface area contributed by atoms with Crippen LogP contribution in [0.2, 0.25) is 0 Å². The van der Waals surface area contributed by atoms with Crippen molar-refractivity contribution in [1.82, 2.24) is 0 Å². The van der Waals surface area contributed by atoms with Crippen molar-refractivity contribution in [2.24, 2.45) is 11.8 Å². The SMILES string of the molecule is COC(=O)CSCCCS[C@H]1C(=O)CC(CO)C1/C=C/[C@H](O)CCc1ccc2ccccc2c1. The fourth-order valence-electron chi connectivity index (χ4n) is 4.27. The number of carbonyl (C=O) groups is 2. The van der Waals surface area contributed by atoms with Gasteiger partial charge in [-0.15, -0.1) is 11.8 Å². The number of carbonyl (C=O) groups excluding carboxylic acids is 2. The van der Waals surface area contributed by atoms with Crippen molar-refractivity contribution >= 4 is 46.0 Å². The molecule has 0 aliphatic heterocycles. The van der Waals surface area contributed by atoms with Gasteiger partial charge in [0.05, 0.1) is 24.2 Å². The van der Waals surface area contributed by atoms with Crippen LogP contribution in [0.1, 0.15) is 24.8 Å². The lowest BCUT2D eigenvalue weighted by Crippen LogP contribution is -2.21. The van der Waals surface area contributed by atoms with Gasteiger partial charge in [-0.3, -0.25) is 9.59 Å². The van der Waals surface area contributed by atoms with E-state index in [1.165, 1.54) is 35.2 Å². The van der Waals surface area contributed by atoms with E-state index in [4.69, 9.17) is 0 Å². The first-order valence-electron chi connectivity index (χ1n) is 11.8. The highest BCUT2D eigenvalue weighted by Gasteiger charge is 2.40. The van der Waals surface area contributed by atoms with E-state index in [9.17, 15) is 19.8 Å². The maximum atomic E-state index is 12.6. The van der Waals surface area contributed by atoms with E-state index in [0.29, 0.717) is 18.6 Å². The summed E-state index contributed by atoms with van der Waals surface area (Å²) in [5.41, 5.74) is 1.19. The number of ether oxygens (including phenoxy) is 1. The number of methoxy groups -OCH3 is 1. The average Bonchev–Trinajstić information content (AvgIpc) is 3.17. The van der Waals surface area contributed by atoms with Crippen molar-refractivity contribution < 1.29 is 24.5 Å². The fourth-order valence-corrected chi connectivity index (χ4v) is 6.61. The van der Waals surface area contributed by atoms with Crippen molar-refractivity contribution in [3.05, 3.63) is 60.2 Å². The van der Waals surface area contributed by atoms with Crippen LogP contribution in [0.15, 0.2) is 54.6 Å². The number of thioether (sulfide) groups is 2. The number of aliphatic hydroxyl groups is 2. The molecule has 3 rings (SSSR count). The average molecular weight is 503 g/mol. The summed E-state index contributed by atoms with van der Waals surface area (Å²) in [5, 5.41) is 22.6. The number of allylic oxidation sites excluding steroid dienone is 1. The van der Waals surface area contributed by atoms with Gasteiger partial charge in [0.25, 0.3) is 0 Å². The third kappa shape index (κ3) is 7.87. The number of fused-ring (bicyclic) bond motifs is 1. The lowest BCUT2D eigenvalue weighted by atomic mass is 9.95. The van der Waals surface area contributed by atoms with Crippen molar-refractivity contribution in [1.29, 1.82) is 0 Å². The first-order valence-corrected chi connectivity index (χ1v) is 14.0. The molecular formula is C27H34O5S2. The summed E-state index contributed by atoms with van der Waals surface area (Å²) in [6.07, 6.45) is 5.80. The summed E-state index contributed by atoms with van der Waals surface area (Å²) in [4.78, 5) is 23.7. The summed E-state index contributed by atoms with van der Waals surface area (Å²) < 4.78 is 4.63. The Bertz CT molecular complexity index is 976. The van der Waals surface area contributed by atoms with Gasteiger partial charge in [-0.2, -0.15) is 11.8 Å². The van der Waals surface area contributed by atoms with Crippen molar-refractivity contribution in [2.75, 3.05) is 31.0 Å². The second kappa shape index (κ2) is 13.9. The number of hydrogen-bond acceptors (Lipinski definition) is 7. The van der Waals surface area contributed by atoms with Gasteiger partial charge in [-0.25, -0.2) is 0 Å².